The Kier molecular flexibility index (Phi) is 17.3. The quantitative estimate of drug-likeness (QED) is 0.0949. The Morgan fingerprint density at radius 1 is 0.444 bits per heavy atom. The molecule has 0 atom stereocenters. The maximum Gasteiger partial charge on any atom is 3.00 e. The second-order valence-corrected chi connectivity index (χ2v) is 12.8. The molecule has 0 aliphatic rings. The van der Waals surface area contributed by atoms with Gasteiger partial charge >= 0.3 is 17.1 Å². The van der Waals surface area contributed by atoms with E-state index < -0.39 is 15.8 Å². The molecule has 0 spiro atoms. The van der Waals surface area contributed by atoms with Crippen LogP contribution in [0.5, 0.6) is 0 Å². The zero-order chi connectivity index (χ0) is 25.1. The molecule has 184 valence electrons. The van der Waals surface area contributed by atoms with Gasteiger partial charge in [-0.2, -0.15) is 0 Å². The topological polar surface area (TPSA) is 48.2 Å². The molecule has 4 aromatic carbocycles. The Balaban J connectivity index is 0.00000123. The first kappa shape index (κ1) is 31.6. The number of carbonyl (C=O) groups excluding carboxylic acids is 2. The van der Waals surface area contributed by atoms with Gasteiger partial charge in [0.05, 0.1) is 37.1 Å². The molecule has 0 radical (unpaired) electrons. The van der Waals surface area contributed by atoms with Crippen LogP contribution >= 0.6 is 15.8 Å². The van der Waals surface area contributed by atoms with Crippen molar-refractivity contribution in [2.75, 3.05) is 25.4 Å². The van der Waals surface area contributed by atoms with Crippen LogP contribution in [0.3, 0.4) is 0 Å². The van der Waals surface area contributed by atoms with Gasteiger partial charge in [0, 0.05) is 12.3 Å². The van der Waals surface area contributed by atoms with Crippen LogP contribution in [0.1, 0.15) is 0 Å². The summed E-state index contributed by atoms with van der Waals surface area (Å²) < 4.78 is 0. The van der Waals surface area contributed by atoms with Gasteiger partial charge in [0.1, 0.15) is 0 Å². The Bertz CT molecular complexity index is 891. The first-order valence-corrected chi connectivity index (χ1v) is 14.9. The zero-order valence-corrected chi connectivity index (χ0v) is 23.4. The minimum atomic E-state index is -0.789. The van der Waals surface area contributed by atoms with Crippen LogP contribution in [0.15, 0.2) is 121 Å². The molecule has 36 heavy (non-hydrogen) atoms. The van der Waals surface area contributed by atoms with Crippen LogP contribution in [0.4, 0.5) is 0 Å². The molecule has 0 fully saturated rings. The van der Waals surface area contributed by atoms with Gasteiger partial charge in [-0.3, -0.25) is 13.6 Å². The van der Waals surface area contributed by atoms with Crippen LogP contribution in [-0.4, -0.2) is 39.0 Å². The van der Waals surface area contributed by atoms with Crippen molar-refractivity contribution < 1.29 is 26.7 Å². The molecule has 0 saturated heterocycles. The summed E-state index contributed by atoms with van der Waals surface area (Å²) in [5, 5.41) is 10.9. The van der Waals surface area contributed by atoms with Crippen LogP contribution in [0.25, 0.3) is 5.32 Å². The van der Waals surface area contributed by atoms with E-state index in [1.165, 1.54) is 21.2 Å². The molecule has 0 N–H and O–H groups in total. The molecule has 3 nitrogen and oxygen atoms in total. The smallest absolute Gasteiger partial charge is 0.656 e. The Morgan fingerprint density at radius 3 is 0.889 bits per heavy atom. The van der Waals surface area contributed by atoms with Gasteiger partial charge in [0.2, 0.25) is 0 Å². The van der Waals surface area contributed by atoms with Crippen LogP contribution in [-0.2, 0) is 26.7 Å². The maximum atomic E-state index is 7.75. The van der Waals surface area contributed by atoms with E-state index in [1.54, 1.807) is 0 Å². The third-order valence-corrected chi connectivity index (χ3v) is 11.1. The fraction of sp³-hybridized carbons (Fsp3) is 0.133. The van der Waals surface area contributed by atoms with Crippen molar-refractivity contribution in [3.63, 3.8) is 0 Å². The number of hydrogen-bond acceptors (Lipinski definition) is 2. The molecule has 0 heterocycles. The fourth-order valence-corrected chi connectivity index (χ4v) is 8.93. The van der Waals surface area contributed by atoms with Crippen molar-refractivity contribution in [1.82, 2.24) is 0 Å². The maximum absolute atomic E-state index is 7.75. The summed E-state index contributed by atoms with van der Waals surface area (Å²) in [5.41, 5.74) is 0. The van der Waals surface area contributed by atoms with Crippen LogP contribution in [0, 0.1) is 0 Å². The van der Waals surface area contributed by atoms with Gasteiger partial charge < -0.3 is 14.9 Å². The van der Waals surface area contributed by atoms with E-state index in [4.69, 9.17) is 14.9 Å². The van der Waals surface area contributed by atoms with Crippen molar-refractivity contribution in [1.29, 1.82) is 0 Å². The summed E-state index contributed by atoms with van der Waals surface area (Å²) in [4.78, 5) is 15.5. The van der Waals surface area contributed by atoms with Gasteiger partial charge in [-0.05, 0) is 48.5 Å². The van der Waals surface area contributed by atoms with E-state index in [9.17, 15) is 0 Å². The van der Waals surface area contributed by atoms with E-state index in [2.05, 4.69) is 135 Å². The molecule has 0 aliphatic heterocycles. The largest absolute Gasteiger partial charge is 3.00 e. The number of benzene rings is 4. The molecule has 4 rings (SSSR count). The third kappa shape index (κ3) is 10.3. The molecule has 0 aliphatic carbocycles. The monoisotopic (exact) mass is 555 g/mol. The van der Waals surface area contributed by atoms with E-state index in [-0.39, 0.29) is 17.1 Å². The van der Waals surface area contributed by atoms with Crippen molar-refractivity contribution in [2.45, 2.75) is 0 Å². The molecule has 0 unspecified atom stereocenters. The number of hydrogen-bond donors (Lipinski definition) is 0. The molecular formula is C30H32MnNO2P2+2. The van der Waals surface area contributed by atoms with Gasteiger partial charge in [0.15, 0.2) is 0 Å². The van der Waals surface area contributed by atoms with E-state index in [1.807, 2.05) is 0 Å². The molecule has 0 aromatic heterocycles. The van der Waals surface area contributed by atoms with Crippen molar-refractivity contribution in [3.8, 4) is 0 Å². The number of rotatable bonds is 10. The van der Waals surface area contributed by atoms with Gasteiger partial charge in [0.25, 0.3) is 0 Å². The van der Waals surface area contributed by atoms with Gasteiger partial charge in [-0.1, -0.05) is 72.8 Å². The summed E-state index contributed by atoms with van der Waals surface area (Å²) in [6, 6.07) is 44.0. The molecule has 6 heteroatoms. The molecule has 4 aromatic rings. The predicted octanol–water partition coefficient (Wildman–Crippen LogP) is 4.54. The Morgan fingerprint density at radius 2 is 0.667 bits per heavy atom. The minimum absolute atomic E-state index is 0. The molecule has 0 saturated carbocycles. The fourth-order valence-electron chi connectivity index (χ4n) is 3.96. The molecular weight excluding hydrogens is 523 g/mol. The molecule has 0 bridgehead atoms. The Labute approximate surface area is 228 Å². The first-order valence-electron chi connectivity index (χ1n) is 11.5. The van der Waals surface area contributed by atoms with Crippen molar-refractivity contribution in [3.05, 3.63) is 127 Å². The zero-order valence-electron chi connectivity index (χ0n) is 20.2. The first-order chi connectivity index (χ1) is 17.4. The van der Waals surface area contributed by atoms with Crippen molar-refractivity contribution in [2.24, 2.45) is 0 Å². The second kappa shape index (κ2) is 19.7. The van der Waals surface area contributed by atoms with Gasteiger partial charge in [-0.25, -0.2) is 0 Å². The summed E-state index contributed by atoms with van der Waals surface area (Å²) in [5.74, 6) is 0. The van der Waals surface area contributed by atoms with Gasteiger partial charge in [-0.15, -0.1) is 13.1 Å². The summed E-state index contributed by atoms with van der Waals surface area (Å²) in [6.45, 7) is 8.38. The normalized spacial score (nSPS) is 9.83. The van der Waals surface area contributed by atoms with Crippen LogP contribution < -0.4 is 21.2 Å². The summed E-state index contributed by atoms with van der Waals surface area (Å²) in [7, 11) is -1.58. The summed E-state index contributed by atoms with van der Waals surface area (Å²) >= 11 is 0. The van der Waals surface area contributed by atoms with Crippen LogP contribution in [0.2, 0.25) is 0 Å². The summed E-state index contributed by atoms with van der Waals surface area (Å²) in [6.07, 6.45) is 2.30. The van der Waals surface area contributed by atoms with E-state index in [0.717, 1.165) is 25.4 Å². The average Bonchev–Trinajstić information content (AvgIpc) is 2.97. The third-order valence-electron chi connectivity index (χ3n) is 5.53. The SMILES string of the molecule is [CH-]=O.[CH-]=O.[Mn+3].c1ccc([PH+](CC[N-]CC[PH+](c2ccccc2)c2ccccc2)c2ccccc2)cc1. The minimum Gasteiger partial charge on any atom is -0.656 e. The van der Waals surface area contributed by atoms with E-state index >= 15 is 0 Å². The predicted molar refractivity (Wildman–Crippen MR) is 157 cm³/mol. The van der Waals surface area contributed by atoms with E-state index in [0.29, 0.717) is 0 Å². The Hall–Kier alpha value is -2.44. The molecule has 0 amide bonds. The number of nitrogens with zero attached hydrogens (tertiary/aromatic N) is 1. The standard InChI is InChI=1S/C28H28NP2.2CHO.Mn/c1-5-13-25(14-6-1)30(26-15-7-2-8-16-26)23-21-29-22-24-31(27-17-9-3-10-18-27)28-19-11-4-12-20-28;2*1-2;/h1-20H,21-24H2;2*1H;/q3*-1;+3/p+2. The average molecular weight is 555 g/mol. The second-order valence-electron chi connectivity index (χ2n) is 7.59. The van der Waals surface area contributed by atoms with Crippen molar-refractivity contribution >= 4 is 50.6 Å².